The summed E-state index contributed by atoms with van der Waals surface area (Å²) in [5, 5.41) is 3.28. The third-order valence-corrected chi connectivity index (χ3v) is 10.2. The van der Waals surface area contributed by atoms with Crippen LogP contribution in [0.1, 0.15) is 38.0 Å². The van der Waals surface area contributed by atoms with Crippen LogP contribution >= 0.6 is 0 Å². The Balaban J connectivity index is 2.32. The van der Waals surface area contributed by atoms with E-state index >= 15 is 0 Å². The Morgan fingerprint density at radius 3 is 1.93 bits per heavy atom. The second-order valence-electron chi connectivity index (χ2n) is 7.22. The van der Waals surface area contributed by atoms with Gasteiger partial charge >= 0.3 is 0 Å². The molecule has 1 N–H and O–H groups in total. The maximum atomic E-state index is 13.5. The lowest BCUT2D eigenvalue weighted by molar-refractivity contribution is 0.176. The lowest BCUT2D eigenvalue weighted by atomic mass is 10.1. The SMILES string of the molecule is CC[Si](CC)(CC)OC(CNCc1cc(F)cc(F)c1)c1c(OC)cncc1OC. The summed E-state index contributed by atoms with van der Waals surface area (Å²) in [6.07, 6.45) is 2.94. The molecule has 0 saturated carbocycles. The Morgan fingerprint density at radius 1 is 0.933 bits per heavy atom. The van der Waals surface area contributed by atoms with Gasteiger partial charge in [-0.1, -0.05) is 20.8 Å². The number of pyridine rings is 1. The molecule has 1 atom stereocenters. The third-order valence-electron chi connectivity index (χ3n) is 5.58. The van der Waals surface area contributed by atoms with Crippen molar-refractivity contribution in [1.82, 2.24) is 10.3 Å². The predicted molar refractivity (Wildman–Crippen MR) is 116 cm³/mol. The van der Waals surface area contributed by atoms with Crippen LogP contribution in [0.15, 0.2) is 30.6 Å². The van der Waals surface area contributed by atoms with Gasteiger partial charge in [0.1, 0.15) is 23.1 Å². The molecule has 30 heavy (non-hydrogen) atoms. The number of hydrogen-bond acceptors (Lipinski definition) is 5. The number of hydrogen-bond donors (Lipinski definition) is 1. The first-order valence-corrected chi connectivity index (χ1v) is 12.8. The summed E-state index contributed by atoms with van der Waals surface area (Å²) in [4.78, 5) is 4.18. The predicted octanol–water partition coefficient (Wildman–Crippen LogP) is 5.23. The molecule has 0 amide bonds. The molecule has 166 valence electrons. The zero-order chi connectivity index (χ0) is 22.1. The van der Waals surface area contributed by atoms with Gasteiger partial charge in [0.2, 0.25) is 0 Å². The highest BCUT2D eigenvalue weighted by atomic mass is 28.4. The normalized spacial score (nSPS) is 12.6. The molecule has 1 unspecified atom stereocenters. The van der Waals surface area contributed by atoms with Crippen molar-refractivity contribution in [2.45, 2.75) is 51.6 Å². The number of halogens is 2. The van der Waals surface area contributed by atoms with Crippen molar-refractivity contribution >= 4 is 8.32 Å². The molecule has 0 bridgehead atoms. The molecule has 1 heterocycles. The van der Waals surface area contributed by atoms with Crippen LogP contribution in [-0.2, 0) is 11.0 Å². The maximum Gasteiger partial charge on any atom is 0.192 e. The van der Waals surface area contributed by atoms with E-state index in [0.717, 1.165) is 29.8 Å². The van der Waals surface area contributed by atoms with Gasteiger partial charge in [-0.15, -0.1) is 0 Å². The third kappa shape index (κ3) is 5.99. The van der Waals surface area contributed by atoms with Gasteiger partial charge in [0.25, 0.3) is 0 Å². The molecular formula is C22H32F2N2O3Si. The van der Waals surface area contributed by atoms with Crippen LogP contribution in [0.3, 0.4) is 0 Å². The van der Waals surface area contributed by atoms with Crippen LogP contribution in [0, 0.1) is 11.6 Å². The van der Waals surface area contributed by atoms with Gasteiger partial charge in [-0.05, 0) is 35.8 Å². The minimum atomic E-state index is -1.97. The summed E-state index contributed by atoms with van der Waals surface area (Å²) in [5.41, 5.74) is 1.32. The molecule has 0 aliphatic carbocycles. The molecule has 1 aromatic carbocycles. The van der Waals surface area contributed by atoms with Crippen molar-refractivity contribution in [3.8, 4) is 11.5 Å². The number of aromatic nitrogens is 1. The Hall–Kier alpha value is -2.03. The molecule has 1 aromatic heterocycles. The number of ether oxygens (including phenoxy) is 2. The highest BCUT2D eigenvalue weighted by Gasteiger charge is 2.34. The first-order valence-electron chi connectivity index (χ1n) is 10.3. The summed E-state index contributed by atoms with van der Waals surface area (Å²) in [5.74, 6) is -0.00814. The minimum Gasteiger partial charge on any atom is -0.495 e. The van der Waals surface area contributed by atoms with E-state index in [-0.39, 0.29) is 6.10 Å². The van der Waals surface area contributed by atoms with Gasteiger partial charge in [0.15, 0.2) is 8.32 Å². The summed E-state index contributed by atoms with van der Waals surface area (Å²) in [6, 6.07) is 6.47. The molecule has 2 aromatic rings. The first-order chi connectivity index (χ1) is 14.4. The number of benzene rings is 1. The molecule has 0 saturated heterocycles. The minimum absolute atomic E-state index is 0.309. The molecular weight excluding hydrogens is 406 g/mol. The highest BCUT2D eigenvalue weighted by molar-refractivity contribution is 6.73. The topological polar surface area (TPSA) is 52.6 Å². The van der Waals surface area contributed by atoms with E-state index < -0.39 is 20.0 Å². The van der Waals surface area contributed by atoms with Crippen molar-refractivity contribution in [1.29, 1.82) is 0 Å². The van der Waals surface area contributed by atoms with Gasteiger partial charge in [-0.2, -0.15) is 0 Å². The smallest absolute Gasteiger partial charge is 0.192 e. The van der Waals surface area contributed by atoms with Crippen LogP contribution < -0.4 is 14.8 Å². The lowest BCUT2D eigenvalue weighted by Gasteiger charge is -2.34. The summed E-state index contributed by atoms with van der Waals surface area (Å²) in [6.45, 7) is 7.24. The van der Waals surface area contributed by atoms with E-state index in [1.54, 1.807) is 26.6 Å². The van der Waals surface area contributed by atoms with E-state index in [4.69, 9.17) is 13.9 Å². The lowest BCUT2D eigenvalue weighted by Crippen LogP contribution is -2.40. The Labute approximate surface area is 178 Å². The van der Waals surface area contributed by atoms with Crippen molar-refractivity contribution in [3.63, 3.8) is 0 Å². The van der Waals surface area contributed by atoms with Crippen molar-refractivity contribution in [3.05, 3.63) is 53.4 Å². The molecule has 0 aliphatic rings. The monoisotopic (exact) mass is 438 g/mol. The van der Waals surface area contributed by atoms with Gasteiger partial charge in [-0.25, -0.2) is 8.78 Å². The summed E-state index contributed by atoms with van der Waals surface area (Å²) in [7, 11) is 1.20. The fourth-order valence-electron chi connectivity index (χ4n) is 3.64. The second kappa shape index (κ2) is 11.4. The van der Waals surface area contributed by atoms with Crippen LogP contribution in [-0.4, -0.2) is 34.1 Å². The Morgan fingerprint density at radius 2 is 1.47 bits per heavy atom. The molecule has 0 radical (unpaired) electrons. The highest BCUT2D eigenvalue weighted by Crippen LogP contribution is 2.38. The van der Waals surface area contributed by atoms with Gasteiger partial charge in [0.05, 0.1) is 38.3 Å². The van der Waals surface area contributed by atoms with Gasteiger partial charge in [0, 0.05) is 19.2 Å². The van der Waals surface area contributed by atoms with Gasteiger partial charge in [-0.3, -0.25) is 4.98 Å². The zero-order valence-electron chi connectivity index (χ0n) is 18.4. The fourth-order valence-corrected chi connectivity index (χ4v) is 6.45. The van der Waals surface area contributed by atoms with Crippen LogP contribution in [0.2, 0.25) is 18.1 Å². The summed E-state index contributed by atoms with van der Waals surface area (Å²) >= 11 is 0. The standard InChI is InChI=1S/C22H32F2N2O3Si/c1-6-30(7-2,8-3)29-21(22-19(27-4)13-26-14-20(22)28-5)15-25-12-16-9-17(23)11-18(24)10-16/h9-11,13-14,21,25H,6-8,12,15H2,1-5H3. The van der Waals surface area contributed by atoms with Gasteiger partial charge < -0.3 is 19.2 Å². The molecule has 0 fully saturated rings. The number of rotatable bonds is 12. The largest absolute Gasteiger partial charge is 0.495 e. The number of methoxy groups -OCH3 is 2. The maximum absolute atomic E-state index is 13.5. The quantitative estimate of drug-likeness (QED) is 0.460. The second-order valence-corrected chi connectivity index (χ2v) is 11.9. The molecule has 0 spiro atoms. The Bertz CT molecular complexity index is 768. The van der Waals surface area contributed by atoms with Crippen molar-refractivity contribution in [2.24, 2.45) is 0 Å². The molecule has 2 rings (SSSR count). The van der Waals surface area contributed by atoms with Crippen LogP contribution in [0.4, 0.5) is 8.78 Å². The molecule has 5 nitrogen and oxygen atoms in total. The summed E-state index contributed by atoms with van der Waals surface area (Å²) < 4.78 is 44.9. The first kappa shape index (κ1) is 24.2. The number of nitrogens with zero attached hydrogens (tertiary/aromatic N) is 1. The van der Waals surface area contributed by atoms with E-state index in [9.17, 15) is 8.78 Å². The van der Waals surface area contributed by atoms with E-state index in [2.05, 4.69) is 31.1 Å². The Kier molecular flexibility index (Phi) is 9.20. The fraction of sp³-hybridized carbons (Fsp3) is 0.500. The van der Waals surface area contributed by atoms with E-state index in [0.29, 0.717) is 30.2 Å². The van der Waals surface area contributed by atoms with E-state index in [1.807, 2.05) is 0 Å². The zero-order valence-corrected chi connectivity index (χ0v) is 19.4. The number of nitrogens with one attached hydrogen (secondary N) is 1. The van der Waals surface area contributed by atoms with E-state index in [1.165, 1.54) is 12.1 Å². The average molecular weight is 439 g/mol. The van der Waals surface area contributed by atoms with Crippen molar-refractivity contribution in [2.75, 3.05) is 20.8 Å². The van der Waals surface area contributed by atoms with Crippen LogP contribution in [0.5, 0.6) is 11.5 Å². The average Bonchev–Trinajstić information content (AvgIpc) is 2.75. The van der Waals surface area contributed by atoms with Crippen LogP contribution in [0.25, 0.3) is 0 Å². The molecule has 8 heteroatoms. The molecule has 0 aliphatic heterocycles. The van der Waals surface area contributed by atoms with Crippen molar-refractivity contribution < 1.29 is 22.7 Å².